The van der Waals surface area contributed by atoms with Crippen molar-refractivity contribution in [2.45, 2.75) is 25.9 Å². The van der Waals surface area contributed by atoms with Gasteiger partial charge in [-0.3, -0.25) is 4.79 Å². The van der Waals surface area contributed by atoms with Gasteiger partial charge in [0.15, 0.2) is 5.58 Å². The highest BCUT2D eigenvalue weighted by atomic mass is 35.5. The topological polar surface area (TPSA) is 58.9 Å². The highest BCUT2D eigenvalue weighted by molar-refractivity contribution is 6.30. The van der Waals surface area contributed by atoms with Gasteiger partial charge in [-0.1, -0.05) is 37.6 Å². The number of hydrogen-bond acceptors (Lipinski definition) is 3. The van der Waals surface area contributed by atoms with Crippen LogP contribution in [0.15, 0.2) is 45.6 Å². The molecule has 0 aliphatic rings. The van der Waals surface area contributed by atoms with Gasteiger partial charge in [0.1, 0.15) is 11.3 Å². The van der Waals surface area contributed by atoms with Gasteiger partial charge < -0.3 is 9.40 Å². The number of nitrogens with one attached hydrogen (secondary N) is 1. The molecule has 0 radical (unpaired) electrons. The van der Waals surface area contributed by atoms with Gasteiger partial charge in [-0.25, -0.2) is 4.98 Å². The molecular weight excluding hydrogens is 393 g/mol. The van der Waals surface area contributed by atoms with Gasteiger partial charge in [-0.2, -0.15) is 13.2 Å². The van der Waals surface area contributed by atoms with Crippen molar-refractivity contribution in [2.24, 2.45) is 0 Å². The first-order chi connectivity index (χ1) is 13.2. The van der Waals surface area contributed by atoms with Crippen LogP contribution in [0.2, 0.25) is 5.02 Å². The van der Waals surface area contributed by atoms with Crippen LogP contribution in [0, 0.1) is 0 Å². The van der Waals surface area contributed by atoms with Crippen LogP contribution in [0.1, 0.15) is 31.4 Å². The molecule has 1 N–H and O–H groups in total. The van der Waals surface area contributed by atoms with Crippen molar-refractivity contribution in [1.29, 1.82) is 0 Å². The van der Waals surface area contributed by atoms with Gasteiger partial charge in [0.25, 0.3) is 0 Å². The number of aromatic amines is 1. The number of alkyl halides is 3. The van der Waals surface area contributed by atoms with Crippen LogP contribution in [-0.4, -0.2) is 9.97 Å². The van der Waals surface area contributed by atoms with Crippen LogP contribution in [0.4, 0.5) is 13.2 Å². The smallest absolute Gasteiger partial charge is 0.449 e. The predicted octanol–water partition coefficient (Wildman–Crippen LogP) is 6.13. The number of aromatic nitrogens is 2. The number of nitrogens with zero attached hydrogens (tertiary/aromatic N) is 1. The minimum atomic E-state index is -4.63. The maximum absolute atomic E-state index is 13.2. The van der Waals surface area contributed by atoms with E-state index in [0.717, 1.165) is 0 Å². The van der Waals surface area contributed by atoms with Crippen molar-refractivity contribution in [3.63, 3.8) is 0 Å². The molecule has 144 valence electrons. The molecule has 0 fully saturated rings. The number of benzene rings is 2. The van der Waals surface area contributed by atoms with Crippen LogP contribution >= 0.6 is 11.6 Å². The van der Waals surface area contributed by atoms with E-state index in [1.807, 2.05) is 13.8 Å². The number of imidazole rings is 1. The molecule has 0 saturated heterocycles. The molecule has 2 aromatic carbocycles. The number of halogens is 4. The summed E-state index contributed by atoms with van der Waals surface area (Å²) < 4.78 is 45.1. The SMILES string of the molecule is CC(C)c1oc2c(ccc3[nH]c(C(F)(F)F)nc32)c(=O)c1-c1ccc(Cl)cc1. The van der Waals surface area contributed by atoms with E-state index in [-0.39, 0.29) is 33.3 Å². The molecule has 0 aliphatic carbocycles. The summed E-state index contributed by atoms with van der Waals surface area (Å²) in [6.45, 7) is 3.69. The molecule has 0 atom stereocenters. The van der Waals surface area contributed by atoms with Crippen molar-refractivity contribution in [3.05, 3.63) is 63.2 Å². The number of H-pyrrole nitrogens is 1. The molecule has 4 nitrogen and oxygen atoms in total. The number of rotatable bonds is 2. The second kappa shape index (κ2) is 6.38. The summed E-state index contributed by atoms with van der Waals surface area (Å²) in [6, 6.07) is 9.60. The van der Waals surface area contributed by atoms with Crippen LogP contribution in [0.25, 0.3) is 33.1 Å². The Labute approximate surface area is 162 Å². The van der Waals surface area contributed by atoms with Gasteiger partial charge in [0.2, 0.25) is 11.3 Å². The number of fused-ring (bicyclic) bond motifs is 3. The van der Waals surface area contributed by atoms with Gasteiger partial charge in [0, 0.05) is 10.9 Å². The molecule has 2 aromatic heterocycles. The average molecular weight is 407 g/mol. The summed E-state index contributed by atoms with van der Waals surface area (Å²) in [5.41, 5.74) is 0.830. The van der Waals surface area contributed by atoms with Crippen molar-refractivity contribution in [2.75, 3.05) is 0 Å². The molecule has 0 aliphatic heterocycles. The van der Waals surface area contributed by atoms with E-state index >= 15 is 0 Å². The Morgan fingerprint density at radius 1 is 1.11 bits per heavy atom. The molecule has 0 bridgehead atoms. The summed E-state index contributed by atoms with van der Waals surface area (Å²) in [6.07, 6.45) is -4.63. The summed E-state index contributed by atoms with van der Waals surface area (Å²) >= 11 is 5.94. The van der Waals surface area contributed by atoms with Gasteiger partial charge in [-0.15, -0.1) is 0 Å². The van der Waals surface area contributed by atoms with Crippen LogP contribution in [0.5, 0.6) is 0 Å². The largest absolute Gasteiger partial charge is 0.458 e. The molecule has 0 saturated carbocycles. The Morgan fingerprint density at radius 3 is 2.39 bits per heavy atom. The molecular formula is C20H14ClF3N2O2. The summed E-state index contributed by atoms with van der Waals surface area (Å²) in [5, 5.41) is 0.694. The Hall–Kier alpha value is -2.80. The van der Waals surface area contributed by atoms with Crippen molar-refractivity contribution in [3.8, 4) is 11.1 Å². The third-order valence-corrected chi connectivity index (χ3v) is 4.72. The zero-order chi connectivity index (χ0) is 20.2. The molecule has 0 spiro atoms. The highest BCUT2D eigenvalue weighted by Crippen LogP contribution is 2.34. The maximum Gasteiger partial charge on any atom is 0.449 e. The summed E-state index contributed by atoms with van der Waals surface area (Å²) in [4.78, 5) is 19.1. The predicted molar refractivity (Wildman–Crippen MR) is 102 cm³/mol. The minimum Gasteiger partial charge on any atom is -0.458 e. The van der Waals surface area contributed by atoms with E-state index in [0.29, 0.717) is 21.9 Å². The minimum absolute atomic E-state index is 0.0218. The zero-order valence-electron chi connectivity index (χ0n) is 14.8. The quantitative estimate of drug-likeness (QED) is 0.435. The van der Waals surface area contributed by atoms with Gasteiger partial charge >= 0.3 is 6.18 Å². The molecule has 2 heterocycles. The molecule has 0 unspecified atom stereocenters. The fourth-order valence-corrected chi connectivity index (χ4v) is 3.30. The second-order valence-electron chi connectivity index (χ2n) is 6.75. The van der Waals surface area contributed by atoms with E-state index in [4.69, 9.17) is 16.0 Å². The molecule has 28 heavy (non-hydrogen) atoms. The lowest BCUT2D eigenvalue weighted by Crippen LogP contribution is -2.10. The Morgan fingerprint density at radius 2 is 1.79 bits per heavy atom. The molecule has 0 amide bonds. The van der Waals surface area contributed by atoms with E-state index in [2.05, 4.69) is 9.97 Å². The molecule has 8 heteroatoms. The van der Waals surface area contributed by atoms with Crippen LogP contribution in [-0.2, 0) is 6.18 Å². The Bertz CT molecular complexity index is 1260. The summed E-state index contributed by atoms with van der Waals surface area (Å²) in [7, 11) is 0. The fourth-order valence-electron chi connectivity index (χ4n) is 3.17. The number of hydrogen-bond donors (Lipinski definition) is 1. The van der Waals surface area contributed by atoms with Gasteiger partial charge in [0.05, 0.1) is 16.5 Å². The monoisotopic (exact) mass is 406 g/mol. The normalized spacial score (nSPS) is 12.4. The van der Waals surface area contributed by atoms with Crippen molar-refractivity contribution < 1.29 is 17.6 Å². The first-order valence-corrected chi connectivity index (χ1v) is 8.87. The zero-order valence-corrected chi connectivity index (χ0v) is 15.6. The van der Waals surface area contributed by atoms with Crippen molar-refractivity contribution in [1.82, 2.24) is 9.97 Å². The standard InChI is InChI=1S/C20H14ClF3N2O2/c1-9(2)17-14(10-3-5-11(21)6-4-10)16(27)12-7-8-13-15(18(12)28-17)26-19(25-13)20(22,23)24/h3-9H,1-2H3,(H,25,26). The van der Waals surface area contributed by atoms with Crippen LogP contribution < -0.4 is 5.43 Å². The lowest BCUT2D eigenvalue weighted by Gasteiger charge is -2.13. The van der Waals surface area contributed by atoms with E-state index in [1.54, 1.807) is 24.3 Å². The lowest BCUT2D eigenvalue weighted by atomic mass is 9.97. The van der Waals surface area contributed by atoms with Crippen molar-refractivity contribution >= 4 is 33.6 Å². The Balaban J connectivity index is 2.09. The van der Waals surface area contributed by atoms with E-state index in [9.17, 15) is 18.0 Å². The lowest BCUT2D eigenvalue weighted by molar-refractivity contribution is -0.144. The molecule has 4 aromatic rings. The first kappa shape index (κ1) is 18.6. The first-order valence-electron chi connectivity index (χ1n) is 8.49. The summed E-state index contributed by atoms with van der Waals surface area (Å²) in [5.74, 6) is -0.937. The molecule has 4 rings (SSSR count). The van der Waals surface area contributed by atoms with E-state index < -0.39 is 12.0 Å². The third kappa shape index (κ3) is 2.96. The van der Waals surface area contributed by atoms with Gasteiger partial charge in [-0.05, 0) is 29.8 Å². The van der Waals surface area contributed by atoms with Crippen LogP contribution in [0.3, 0.4) is 0 Å². The second-order valence-corrected chi connectivity index (χ2v) is 7.19. The highest BCUT2D eigenvalue weighted by Gasteiger charge is 2.35. The maximum atomic E-state index is 13.2. The Kier molecular flexibility index (Phi) is 4.23. The average Bonchev–Trinajstić information content (AvgIpc) is 3.07. The van der Waals surface area contributed by atoms with E-state index in [1.165, 1.54) is 12.1 Å². The fraction of sp³-hybridized carbons (Fsp3) is 0.200. The third-order valence-electron chi connectivity index (χ3n) is 4.46.